The summed E-state index contributed by atoms with van der Waals surface area (Å²) in [6, 6.07) is 5.22. The monoisotopic (exact) mass is 173 g/mol. The molecule has 2 rings (SSSR count). The Bertz CT molecular complexity index is 383. The van der Waals surface area contributed by atoms with Crippen molar-refractivity contribution in [2.24, 2.45) is 0 Å². The van der Waals surface area contributed by atoms with Gasteiger partial charge in [-0.15, -0.1) is 10.2 Å². The van der Waals surface area contributed by atoms with Gasteiger partial charge in [-0.3, -0.25) is 0 Å². The lowest BCUT2D eigenvalue weighted by Gasteiger charge is -1.96. The van der Waals surface area contributed by atoms with Crippen LogP contribution in [0.3, 0.4) is 0 Å². The zero-order valence-electron chi connectivity index (χ0n) is 6.75. The van der Waals surface area contributed by atoms with Crippen LogP contribution in [0.2, 0.25) is 0 Å². The summed E-state index contributed by atoms with van der Waals surface area (Å²) in [4.78, 5) is 7.83. The van der Waals surface area contributed by atoms with Crippen LogP contribution in [0.4, 0.5) is 5.82 Å². The van der Waals surface area contributed by atoms with Gasteiger partial charge in [0.15, 0.2) is 0 Å². The fourth-order valence-corrected chi connectivity index (χ4v) is 0.921. The highest BCUT2D eigenvalue weighted by atomic mass is 15.1. The summed E-state index contributed by atoms with van der Waals surface area (Å²) in [5, 5.41) is 7.61. The van der Waals surface area contributed by atoms with Crippen LogP contribution in [-0.2, 0) is 0 Å². The average molecular weight is 173 g/mol. The molecule has 0 saturated heterocycles. The van der Waals surface area contributed by atoms with Gasteiger partial charge in [-0.2, -0.15) is 0 Å². The van der Waals surface area contributed by atoms with Gasteiger partial charge in [0.1, 0.15) is 17.8 Å². The largest absolute Gasteiger partial charge is 0.382 e. The van der Waals surface area contributed by atoms with E-state index in [1.54, 1.807) is 24.4 Å². The summed E-state index contributed by atoms with van der Waals surface area (Å²) in [6.45, 7) is 0. The molecule has 13 heavy (non-hydrogen) atoms. The zero-order valence-corrected chi connectivity index (χ0v) is 6.75. The molecule has 0 amide bonds. The predicted molar refractivity (Wildman–Crippen MR) is 47.5 cm³/mol. The number of anilines is 1. The third-order valence-corrected chi connectivity index (χ3v) is 1.53. The first kappa shape index (κ1) is 7.60. The highest BCUT2D eigenvalue weighted by Crippen LogP contribution is 2.11. The van der Waals surface area contributed by atoms with Crippen molar-refractivity contribution in [1.82, 2.24) is 20.2 Å². The molecule has 0 bridgehead atoms. The number of nitrogens with two attached hydrogens (primary N) is 1. The highest BCUT2D eigenvalue weighted by Gasteiger charge is 1.99. The summed E-state index contributed by atoms with van der Waals surface area (Å²) in [7, 11) is 0. The molecule has 0 radical (unpaired) electrons. The van der Waals surface area contributed by atoms with Crippen LogP contribution in [0.1, 0.15) is 0 Å². The lowest BCUT2D eigenvalue weighted by atomic mass is 10.3. The summed E-state index contributed by atoms with van der Waals surface area (Å²) in [6.07, 6.45) is 3.12. The van der Waals surface area contributed by atoms with Gasteiger partial charge in [-0.25, -0.2) is 9.97 Å². The van der Waals surface area contributed by atoms with Crippen LogP contribution >= 0.6 is 0 Å². The zero-order chi connectivity index (χ0) is 9.10. The Morgan fingerprint density at radius 1 is 1.00 bits per heavy atom. The number of hydrogen-bond donors (Lipinski definition) is 1. The van der Waals surface area contributed by atoms with Gasteiger partial charge < -0.3 is 5.73 Å². The Morgan fingerprint density at radius 2 is 1.92 bits per heavy atom. The third-order valence-electron chi connectivity index (χ3n) is 1.53. The van der Waals surface area contributed by atoms with E-state index >= 15 is 0 Å². The van der Waals surface area contributed by atoms with Crippen LogP contribution in [0.5, 0.6) is 0 Å². The number of rotatable bonds is 1. The van der Waals surface area contributed by atoms with E-state index in [9.17, 15) is 0 Å². The molecule has 5 heteroatoms. The second kappa shape index (κ2) is 3.14. The molecule has 0 spiro atoms. The number of aromatic nitrogens is 4. The van der Waals surface area contributed by atoms with Crippen molar-refractivity contribution in [2.75, 3.05) is 5.73 Å². The summed E-state index contributed by atoms with van der Waals surface area (Å²) >= 11 is 0. The smallest absolute Gasteiger partial charge is 0.146 e. The van der Waals surface area contributed by atoms with E-state index in [2.05, 4.69) is 20.2 Å². The van der Waals surface area contributed by atoms with Gasteiger partial charge in [-0.1, -0.05) is 0 Å². The molecular formula is C8H7N5. The number of nitrogen functional groups attached to an aromatic ring is 1. The second-order valence-corrected chi connectivity index (χ2v) is 2.44. The van der Waals surface area contributed by atoms with Gasteiger partial charge >= 0.3 is 0 Å². The number of hydrogen-bond acceptors (Lipinski definition) is 5. The molecule has 0 aliphatic carbocycles. The summed E-state index contributed by atoms with van der Waals surface area (Å²) in [5.74, 6) is 0.401. The maximum absolute atomic E-state index is 5.40. The molecule has 64 valence electrons. The molecule has 5 nitrogen and oxygen atoms in total. The Morgan fingerprint density at radius 3 is 2.54 bits per heavy atom. The van der Waals surface area contributed by atoms with Crippen molar-refractivity contribution in [3.63, 3.8) is 0 Å². The predicted octanol–water partition coefficient (Wildman–Crippen LogP) is 0.516. The average Bonchev–Trinajstić information content (AvgIpc) is 2.20. The Hall–Kier alpha value is -2.04. The van der Waals surface area contributed by atoms with E-state index in [1.807, 2.05) is 0 Å². The van der Waals surface area contributed by atoms with Gasteiger partial charge in [0.25, 0.3) is 0 Å². The van der Waals surface area contributed by atoms with Gasteiger partial charge in [0, 0.05) is 6.20 Å². The van der Waals surface area contributed by atoms with Crippen LogP contribution < -0.4 is 5.73 Å². The van der Waals surface area contributed by atoms with Crippen LogP contribution in [0.15, 0.2) is 30.7 Å². The molecular weight excluding hydrogens is 166 g/mol. The molecule has 0 fully saturated rings. The van der Waals surface area contributed by atoms with E-state index < -0.39 is 0 Å². The van der Waals surface area contributed by atoms with Crippen molar-refractivity contribution in [2.45, 2.75) is 0 Å². The molecule has 0 unspecified atom stereocenters. The molecule has 0 aliphatic heterocycles. The maximum Gasteiger partial charge on any atom is 0.146 e. The Kier molecular flexibility index (Phi) is 1.84. The van der Waals surface area contributed by atoms with Crippen LogP contribution in [0, 0.1) is 0 Å². The Balaban J connectivity index is 2.42. The fraction of sp³-hybridized carbons (Fsp3) is 0. The molecule has 0 aromatic carbocycles. The standard InChI is InChI=1S/C8H7N5/c9-8-2-1-7(12-13-8)6-3-4-10-5-11-6/h1-5H,(H2,9,13). The third kappa shape index (κ3) is 1.58. The van der Waals surface area contributed by atoms with Crippen LogP contribution in [-0.4, -0.2) is 20.2 Å². The normalized spacial score (nSPS) is 9.85. The first-order valence-corrected chi connectivity index (χ1v) is 3.72. The van der Waals surface area contributed by atoms with Crippen molar-refractivity contribution in [3.8, 4) is 11.4 Å². The minimum absolute atomic E-state index is 0.401. The van der Waals surface area contributed by atoms with Crippen LogP contribution in [0.25, 0.3) is 11.4 Å². The second-order valence-electron chi connectivity index (χ2n) is 2.44. The SMILES string of the molecule is Nc1ccc(-c2ccncn2)nn1. The van der Waals surface area contributed by atoms with E-state index in [1.165, 1.54) is 6.33 Å². The lowest BCUT2D eigenvalue weighted by Crippen LogP contribution is -1.94. The molecule has 2 aromatic rings. The lowest BCUT2D eigenvalue weighted by molar-refractivity contribution is 1.03. The van der Waals surface area contributed by atoms with Crippen molar-refractivity contribution in [3.05, 3.63) is 30.7 Å². The molecule has 0 aliphatic rings. The van der Waals surface area contributed by atoms with E-state index in [4.69, 9.17) is 5.73 Å². The first-order chi connectivity index (χ1) is 6.36. The van der Waals surface area contributed by atoms with Crippen molar-refractivity contribution in [1.29, 1.82) is 0 Å². The van der Waals surface area contributed by atoms with Crippen molar-refractivity contribution >= 4 is 5.82 Å². The maximum atomic E-state index is 5.40. The topological polar surface area (TPSA) is 77.6 Å². The van der Waals surface area contributed by atoms with E-state index in [0.717, 1.165) is 5.69 Å². The van der Waals surface area contributed by atoms with Gasteiger partial charge in [0.2, 0.25) is 0 Å². The Labute approximate surface area is 74.7 Å². The molecule has 2 heterocycles. The minimum atomic E-state index is 0.401. The molecule has 2 aromatic heterocycles. The van der Waals surface area contributed by atoms with Crippen molar-refractivity contribution < 1.29 is 0 Å². The highest BCUT2D eigenvalue weighted by molar-refractivity contribution is 5.53. The first-order valence-electron chi connectivity index (χ1n) is 3.72. The fourth-order valence-electron chi connectivity index (χ4n) is 0.921. The van der Waals surface area contributed by atoms with Gasteiger partial charge in [-0.05, 0) is 18.2 Å². The van der Waals surface area contributed by atoms with E-state index in [-0.39, 0.29) is 0 Å². The summed E-state index contributed by atoms with van der Waals surface area (Å²) in [5.41, 5.74) is 6.83. The van der Waals surface area contributed by atoms with Gasteiger partial charge in [0.05, 0.1) is 5.69 Å². The van der Waals surface area contributed by atoms with E-state index in [0.29, 0.717) is 11.5 Å². The molecule has 2 N–H and O–H groups in total. The molecule has 0 saturated carbocycles. The quantitative estimate of drug-likeness (QED) is 0.680. The molecule has 0 atom stereocenters. The number of nitrogens with zero attached hydrogens (tertiary/aromatic N) is 4. The summed E-state index contributed by atoms with van der Waals surface area (Å²) < 4.78 is 0. The minimum Gasteiger partial charge on any atom is -0.382 e.